The summed E-state index contributed by atoms with van der Waals surface area (Å²) in [5.41, 5.74) is 3.78. The van der Waals surface area contributed by atoms with E-state index in [1.165, 1.54) is 0 Å². The van der Waals surface area contributed by atoms with Crippen molar-refractivity contribution in [2.45, 2.75) is 40.4 Å². The molecule has 0 saturated heterocycles. The SMILES string of the molecule is COc1ccc(OCc2cc(C=C(C#N)C(=O)OC(C)C)c(C)cc2C)cc1. The van der Waals surface area contributed by atoms with Crippen LogP contribution in [0.3, 0.4) is 0 Å². The van der Waals surface area contributed by atoms with E-state index in [9.17, 15) is 10.1 Å². The topological polar surface area (TPSA) is 68.5 Å². The summed E-state index contributed by atoms with van der Waals surface area (Å²) in [5, 5.41) is 9.33. The summed E-state index contributed by atoms with van der Waals surface area (Å²) in [6.45, 7) is 7.82. The first-order valence-corrected chi connectivity index (χ1v) is 9.03. The predicted molar refractivity (Wildman–Crippen MR) is 108 cm³/mol. The van der Waals surface area contributed by atoms with Crippen molar-refractivity contribution in [2.24, 2.45) is 0 Å². The quantitative estimate of drug-likeness (QED) is 0.394. The van der Waals surface area contributed by atoms with Crippen molar-refractivity contribution in [3.05, 3.63) is 64.2 Å². The minimum Gasteiger partial charge on any atom is -0.497 e. The molecular formula is C23H25NO4. The van der Waals surface area contributed by atoms with Gasteiger partial charge in [0.05, 0.1) is 13.2 Å². The summed E-state index contributed by atoms with van der Waals surface area (Å²) in [6.07, 6.45) is 1.29. The lowest BCUT2D eigenvalue weighted by molar-refractivity contribution is -0.142. The Morgan fingerprint density at radius 1 is 1.11 bits per heavy atom. The second-order valence-electron chi connectivity index (χ2n) is 6.72. The van der Waals surface area contributed by atoms with Gasteiger partial charge in [-0.3, -0.25) is 0 Å². The van der Waals surface area contributed by atoms with E-state index in [1.54, 1.807) is 27.0 Å². The molecule has 0 atom stereocenters. The molecule has 0 fully saturated rings. The normalized spacial score (nSPS) is 11.1. The van der Waals surface area contributed by atoms with E-state index in [4.69, 9.17) is 14.2 Å². The smallest absolute Gasteiger partial charge is 0.349 e. The van der Waals surface area contributed by atoms with Gasteiger partial charge in [-0.15, -0.1) is 0 Å². The van der Waals surface area contributed by atoms with Crippen LogP contribution in [0, 0.1) is 25.2 Å². The maximum Gasteiger partial charge on any atom is 0.349 e. The standard InChI is InChI=1S/C23H25NO4/c1-15(2)28-23(25)19(13-24)11-18-12-20(17(4)10-16(18)3)14-27-22-8-6-21(26-5)7-9-22/h6-12,15H,14H2,1-5H3. The Kier molecular flexibility index (Phi) is 7.22. The molecule has 2 rings (SSSR count). The van der Waals surface area contributed by atoms with E-state index in [0.29, 0.717) is 6.61 Å². The lowest BCUT2D eigenvalue weighted by Crippen LogP contribution is -2.12. The predicted octanol–water partition coefficient (Wildman–Crippen LogP) is 4.75. The number of benzene rings is 2. The second kappa shape index (κ2) is 9.61. The number of carbonyl (C=O) groups excluding carboxylic acids is 1. The molecule has 28 heavy (non-hydrogen) atoms. The molecule has 2 aromatic rings. The van der Waals surface area contributed by atoms with Crippen molar-refractivity contribution >= 4 is 12.0 Å². The molecule has 2 aromatic carbocycles. The molecule has 0 aliphatic heterocycles. The molecule has 0 radical (unpaired) electrons. The number of aryl methyl sites for hydroxylation is 2. The molecule has 0 unspecified atom stereocenters. The van der Waals surface area contributed by atoms with Gasteiger partial charge in [-0.2, -0.15) is 5.26 Å². The van der Waals surface area contributed by atoms with Gasteiger partial charge in [-0.1, -0.05) is 6.07 Å². The molecule has 0 aliphatic rings. The molecule has 5 heteroatoms. The van der Waals surface area contributed by atoms with Gasteiger partial charge in [0.25, 0.3) is 0 Å². The third-order valence-corrected chi connectivity index (χ3v) is 4.16. The molecule has 0 saturated carbocycles. The van der Waals surface area contributed by atoms with Gasteiger partial charge in [0, 0.05) is 0 Å². The number of esters is 1. The maximum absolute atomic E-state index is 12.1. The Morgan fingerprint density at radius 2 is 1.75 bits per heavy atom. The minimum atomic E-state index is -0.617. The highest BCUT2D eigenvalue weighted by Gasteiger charge is 2.14. The zero-order valence-corrected chi connectivity index (χ0v) is 16.9. The monoisotopic (exact) mass is 379 g/mol. The van der Waals surface area contributed by atoms with Gasteiger partial charge < -0.3 is 14.2 Å². The fourth-order valence-electron chi connectivity index (χ4n) is 2.63. The van der Waals surface area contributed by atoms with Gasteiger partial charge in [0.15, 0.2) is 0 Å². The van der Waals surface area contributed by atoms with Crippen molar-refractivity contribution in [3.63, 3.8) is 0 Å². The van der Waals surface area contributed by atoms with Gasteiger partial charge >= 0.3 is 5.97 Å². The van der Waals surface area contributed by atoms with E-state index in [0.717, 1.165) is 33.8 Å². The first-order chi connectivity index (χ1) is 13.3. The van der Waals surface area contributed by atoms with Gasteiger partial charge in [-0.25, -0.2) is 4.79 Å². The maximum atomic E-state index is 12.1. The van der Waals surface area contributed by atoms with Gasteiger partial charge in [-0.05, 0) is 86.4 Å². The number of nitrogens with zero attached hydrogens (tertiary/aromatic N) is 1. The van der Waals surface area contributed by atoms with Crippen molar-refractivity contribution in [1.29, 1.82) is 5.26 Å². The first kappa shape index (κ1) is 21.0. The summed E-state index contributed by atoms with van der Waals surface area (Å²) >= 11 is 0. The highest BCUT2D eigenvalue weighted by atomic mass is 16.5. The molecule has 0 spiro atoms. The number of ether oxygens (including phenoxy) is 3. The van der Waals surface area contributed by atoms with E-state index < -0.39 is 5.97 Å². The van der Waals surface area contributed by atoms with Crippen molar-refractivity contribution < 1.29 is 19.0 Å². The number of carbonyl (C=O) groups is 1. The average molecular weight is 379 g/mol. The van der Waals surface area contributed by atoms with E-state index >= 15 is 0 Å². The van der Waals surface area contributed by atoms with Crippen LogP contribution in [0.25, 0.3) is 6.08 Å². The summed E-state index contributed by atoms with van der Waals surface area (Å²) in [7, 11) is 1.62. The molecule has 0 N–H and O–H groups in total. The fraction of sp³-hybridized carbons (Fsp3) is 0.304. The average Bonchev–Trinajstić information content (AvgIpc) is 2.66. The number of methoxy groups -OCH3 is 1. The molecule has 5 nitrogen and oxygen atoms in total. The van der Waals surface area contributed by atoms with Crippen LogP contribution in [0.15, 0.2) is 42.0 Å². The van der Waals surface area contributed by atoms with Crippen molar-refractivity contribution in [1.82, 2.24) is 0 Å². The number of nitriles is 1. The van der Waals surface area contributed by atoms with E-state index in [-0.39, 0.29) is 11.7 Å². The van der Waals surface area contributed by atoms with Gasteiger partial charge in [0.1, 0.15) is 29.7 Å². The molecule has 0 heterocycles. The molecule has 0 bridgehead atoms. The number of hydrogen-bond acceptors (Lipinski definition) is 5. The molecule has 146 valence electrons. The van der Waals surface area contributed by atoms with E-state index in [2.05, 4.69) is 0 Å². The Balaban J connectivity index is 2.24. The highest BCUT2D eigenvalue weighted by molar-refractivity contribution is 5.98. The summed E-state index contributed by atoms with van der Waals surface area (Å²) in [5.74, 6) is 0.883. The van der Waals surface area contributed by atoms with Crippen molar-refractivity contribution in [3.8, 4) is 17.6 Å². The Hall–Kier alpha value is -3.26. The van der Waals surface area contributed by atoms with Crippen LogP contribution in [-0.4, -0.2) is 19.2 Å². The fourth-order valence-corrected chi connectivity index (χ4v) is 2.63. The van der Waals surface area contributed by atoms with Crippen LogP contribution >= 0.6 is 0 Å². The Labute approximate surface area is 166 Å². The van der Waals surface area contributed by atoms with Crippen LogP contribution in [0.1, 0.15) is 36.1 Å². The highest BCUT2D eigenvalue weighted by Crippen LogP contribution is 2.22. The molecular weight excluding hydrogens is 354 g/mol. The lowest BCUT2D eigenvalue weighted by Gasteiger charge is -2.13. The number of hydrogen-bond donors (Lipinski definition) is 0. The lowest BCUT2D eigenvalue weighted by atomic mass is 9.98. The molecule has 0 amide bonds. The third-order valence-electron chi connectivity index (χ3n) is 4.16. The zero-order valence-electron chi connectivity index (χ0n) is 16.9. The van der Waals surface area contributed by atoms with Crippen LogP contribution in [0.4, 0.5) is 0 Å². The van der Waals surface area contributed by atoms with Crippen LogP contribution in [-0.2, 0) is 16.1 Å². The van der Waals surface area contributed by atoms with Crippen LogP contribution in [0.2, 0.25) is 0 Å². The summed E-state index contributed by atoms with van der Waals surface area (Å²) < 4.78 is 16.1. The zero-order chi connectivity index (χ0) is 20.7. The largest absolute Gasteiger partial charge is 0.497 e. The summed E-state index contributed by atoms with van der Waals surface area (Å²) in [4.78, 5) is 12.1. The van der Waals surface area contributed by atoms with Crippen LogP contribution in [0.5, 0.6) is 11.5 Å². The Morgan fingerprint density at radius 3 is 2.32 bits per heavy atom. The Bertz CT molecular complexity index is 905. The minimum absolute atomic E-state index is 0.0253. The molecule has 0 aromatic heterocycles. The van der Waals surface area contributed by atoms with Crippen LogP contribution < -0.4 is 9.47 Å². The van der Waals surface area contributed by atoms with Gasteiger partial charge in [0.2, 0.25) is 0 Å². The third kappa shape index (κ3) is 5.62. The van der Waals surface area contributed by atoms with Crippen molar-refractivity contribution in [2.75, 3.05) is 7.11 Å². The molecule has 0 aliphatic carbocycles. The first-order valence-electron chi connectivity index (χ1n) is 9.03. The second-order valence-corrected chi connectivity index (χ2v) is 6.72. The number of rotatable bonds is 7. The summed E-state index contributed by atoms with van der Waals surface area (Å²) in [6, 6.07) is 13.3. The van der Waals surface area contributed by atoms with E-state index in [1.807, 2.05) is 56.3 Å².